The van der Waals surface area contributed by atoms with E-state index in [4.69, 9.17) is 5.11 Å². The molecule has 1 N–H and O–H groups in total. The van der Waals surface area contributed by atoms with Crippen LogP contribution in [0.5, 0.6) is 0 Å². The molecule has 2 heterocycles. The van der Waals surface area contributed by atoms with E-state index >= 15 is 0 Å². The minimum absolute atomic E-state index is 0.166. The molecule has 2 aliphatic heterocycles. The van der Waals surface area contributed by atoms with Gasteiger partial charge < -0.3 is 10.0 Å². The van der Waals surface area contributed by atoms with E-state index in [1.807, 2.05) is 0 Å². The van der Waals surface area contributed by atoms with Gasteiger partial charge >= 0.3 is 0 Å². The number of nitrogens with zero attached hydrogens (tertiary/aromatic N) is 3. The Morgan fingerprint density at radius 1 is 1.05 bits per heavy atom. The molecule has 0 aromatic carbocycles. The average molecular weight is 319 g/mol. The molecule has 0 amide bonds. The fourth-order valence-corrected chi connectivity index (χ4v) is 4.69. The number of aliphatic hydroxyl groups is 1. The minimum Gasteiger partial charge on any atom is -0.396 e. The second-order valence-electron chi connectivity index (χ2n) is 6.56. The van der Waals surface area contributed by atoms with Crippen molar-refractivity contribution in [3.8, 4) is 0 Å². The molecule has 0 unspecified atom stereocenters. The van der Waals surface area contributed by atoms with Gasteiger partial charge in [0.1, 0.15) is 0 Å². The zero-order chi connectivity index (χ0) is 15.5. The van der Waals surface area contributed by atoms with Gasteiger partial charge in [0.15, 0.2) is 0 Å². The highest BCUT2D eigenvalue weighted by Gasteiger charge is 2.32. The number of likely N-dealkylation sites (tertiary alicyclic amines) is 1. The van der Waals surface area contributed by atoms with Gasteiger partial charge in [-0.25, -0.2) is 0 Å². The molecule has 6 nitrogen and oxygen atoms in total. The van der Waals surface area contributed by atoms with Gasteiger partial charge in [-0.1, -0.05) is 0 Å². The molecule has 2 rings (SSSR count). The third kappa shape index (κ3) is 4.39. The summed E-state index contributed by atoms with van der Waals surface area (Å²) < 4.78 is 28.3. The maximum Gasteiger partial charge on any atom is 0.281 e. The first-order chi connectivity index (χ1) is 9.93. The van der Waals surface area contributed by atoms with Gasteiger partial charge in [0.2, 0.25) is 0 Å². The number of piperidine rings is 2. The maximum atomic E-state index is 12.6. The van der Waals surface area contributed by atoms with Crippen LogP contribution >= 0.6 is 0 Å². The van der Waals surface area contributed by atoms with Gasteiger partial charge in [0.25, 0.3) is 10.2 Å². The summed E-state index contributed by atoms with van der Waals surface area (Å²) in [6, 6.07) is 0. The lowest BCUT2D eigenvalue weighted by Gasteiger charge is -2.35. The molecule has 2 saturated heterocycles. The number of rotatable bonds is 5. The van der Waals surface area contributed by atoms with E-state index in [2.05, 4.69) is 11.9 Å². The summed E-state index contributed by atoms with van der Waals surface area (Å²) >= 11 is 0. The van der Waals surface area contributed by atoms with Crippen LogP contribution in [-0.2, 0) is 10.2 Å². The molecule has 124 valence electrons. The van der Waals surface area contributed by atoms with Crippen LogP contribution in [0.2, 0.25) is 0 Å². The Labute approximate surface area is 128 Å². The minimum atomic E-state index is -3.34. The molecular formula is C14H29N3O3S. The van der Waals surface area contributed by atoms with Crippen molar-refractivity contribution in [2.24, 2.45) is 11.8 Å². The molecule has 0 saturated carbocycles. The largest absolute Gasteiger partial charge is 0.396 e. The molecule has 21 heavy (non-hydrogen) atoms. The van der Waals surface area contributed by atoms with E-state index in [1.165, 1.54) is 4.31 Å². The molecule has 0 aromatic rings. The molecule has 0 bridgehead atoms. The summed E-state index contributed by atoms with van der Waals surface area (Å²) in [5.74, 6) is 0.728. The first-order valence-electron chi connectivity index (χ1n) is 7.94. The van der Waals surface area contributed by atoms with Crippen LogP contribution in [0.15, 0.2) is 0 Å². The van der Waals surface area contributed by atoms with Crippen molar-refractivity contribution in [1.82, 2.24) is 13.5 Å². The quantitative estimate of drug-likeness (QED) is 0.787. The van der Waals surface area contributed by atoms with E-state index in [9.17, 15) is 8.42 Å². The lowest BCUT2D eigenvalue weighted by atomic mass is 9.97. The van der Waals surface area contributed by atoms with E-state index in [1.54, 1.807) is 11.4 Å². The van der Waals surface area contributed by atoms with E-state index in [0.29, 0.717) is 25.6 Å². The van der Waals surface area contributed by atoms with Crippen molar-refractivity contribution < 1.29 is 13.5 Å². The van der Waals surface area contributed by atoms with Crippen LogP contribution in [0.4, 0.5) is 0 Å². The third-order valence-corrected chi connectivity index (χ3v) is 6.86. The highest BCUT2D eigenvalue weighted by Crippen LogP contribution is 2.23. The Bertz CT molecular complexity index is 413. The zero-order valence-electron chi connectivity index (χ0n) is 13.2. The second-order valence-corrected chi connectivity index (χ2v) is 8.60. The van der Waals surface area contributed by atoms with Crippen LogP contribution in [0.25, 0.3) is 0 Å². The molecule has 2 fully saturated rings. The smallest absolute Gasteiger partial charge is 0.281 e. The third-order valence-electron chi connectivity index (χ3n) is 4.91. The van der Waals surface area contributed by atoms with Crippen molar-refractivity contribution in [2.45, 2.75) is 25.7 Å². The number of hydrogen-bond acceptors (Lipinski definition) is 4. The van der Waals surface area contributed by atoms with Gasteiger partial charge in [-0.05, 0) is 57.7 Å². The van der Waals surface area contributed by atoms with Crippen LogP contribution in [0, 0.1) is 11.8 Å². The Hall–Kier alpha value is -0.210. The molecule has 0 aromatic heterocycles. The summed E-state index contributed by atoms with van der Waals surface area (Å²) in [6.45, 7) is 3.97. The molecule has 0 radical (unpaired) electrons. The summed E-state index contributed by atoms with van der Waals surface area (Å²) in [5, 5.41) is 9.14. The predicted molar refractivity (Wildman–Crippen MR) is 83.2 cm³/mol. The van der Waals surface area contributed by atoms with Crippen molar-refractivity contribution in [3.63, 3.8) is 0 Å². The van der Waals surface area contributed by atoms with E-state index < -0.39 is 10.2 Å². The molecule has 0 spiro atoms. The normalized spacial score (nSPS) is 24.8. The second kappa shape index (κ2) is 7.37. The first-order valence-corrected chi connectivity index (χ1v) is 9.34. The summed E-state index contributed by atoms with van der Waals surface area (Å²) in [5.41, 5.74) is 0. The van der Waals surface area contributed by atoms with Gasteiger partial charge in [0, 0.05) is 33.3 Å². The maximum absolute atomic E-state index is 12.6. The highest BCUT2D eigenvalue weighted by atomic mass is 32.2. The molecule has 0 atom stereocenters. The first kappa shape index (κ1) is 17.1. The van der Waals surface area contributed by atoms with Crippen LogP contribution in [0.3, 0.4) is 0 Å². The molecule has 2 aliphatic rings. The Kier molecular flexibility index (Phi) is 6.02. The SMILES string of the molecule is CN1CCC(CN(C)S(=O)(=O)N2CCC(CO)CC2)CC1. The van der Waals surface area contributed by atoms with Gasteiger partial charge in [-0.3, -0.25) is 0 Å². The Balaban J connectivity index is 1.87. The number of aliphatic hydroxyl groups excluding tert-OH is 1. The van der Waals surface area contributed by atoms with E-state index in [0.717, 1.165) is 38.8 Å². The van der Waals surface area contributed by atoms with Crippen molar-refractivity contribution in [2.75, 3.05) is 53.4 Å². The fraction of sp³-hybridized carbons (Fsp3) is 1.00. The summed E-state index contributed by atoms with van der Waals surface area (Å²) in [7, 11) is 0.478. The van der Waals surface area contributed by atoms with E-state index in [-0.39, 0.29) is 12.5 Å². The van der Waals surface area contributed by atoms with Crippen LogP contribution < -0.4 is 0 Å². The topological polar surface area (TPSA) is 64.1 Å². The molecule has 7 heteroatoms. The lowest BCUT2D eigenvalue weighted by molar-refractivity contribution is 0.163. The molecular weight excluding hydrogens is 290 g/mol. The van der Waals surface area contributed by atoms with Gasteiger partial charge in [0.05, 0.1) is 0 Å². The van der Waals surface area contributed by atoms with Crippen molar-refractivity contribution in [3.05, 3.63) is 0 Å². The lowest BCUT2D eigenvalue weighted by Crippen LogP contribution is -2.48. The zero-order valence-corrected chi connectivity index (χ0v) is 14.1. The van der Waals surface area contributed by atoms with Crippen LogP contribution in [0.1, 0.15) is 25.7 Å². The fourth-order valence-electron chi connectivity index (χ4n) is 3.22. The Morgan fingerprint density at radius 2 is 1.57 bits per heavy atom. The van der Waals surface area contributed by atoms with Gasteiger partial charge in [-0.2, -0.15) is 17.0 Å². The summed E-state index contributed by atoms with van der Waals surface area (Å²) in [6.07, 6.45) is 3.67. The van der Waals surface area contributed by atoms with Crippen molar-refractivity contribution in [1.29, 1.82) is 0 Å². The monoisotopic (exact) mass is 319 g/mol. The van der Waals surface area contributed by atoms with Crippen LogP contribution in [-0.4, -0.2) is 80.5 Å². The highest BCUT2D eigenvalue weighted by molar-refractivity contribution is 7.86. The predicted octanol–water partition coefficient (Wildman–Crippen LogP) is 0.209. The van der Waals surface area contributed by atoms with Crippen molar-refractivity contribution >= 4 is 10.2 Å². The molecule has 0 aliphatic carbocycles. The summed E-state index contributed by atoms with van der Waals surface area (Å²) in [4.78, 5) is 2.30. The Morgan fingerprint density at radius 3 is 2.10 bits per heavy atom. The number of hydrogen-bond donors (Lipinski definition) is 1. The average Bonchev–Trinajstić information content (AvgIpc) is 2.49. The van der Waals surface area contributed by atoms with Gasteiger partial charge in [-0.15, -0.1) is 0 Å². The standard InChI is InChI=1S/C14H29N3O3S/c1-15-7-3-13(4-8-15)11-16(2)21(19,20)17-9-5-14(12-18)6-10-17/h13-14,18H,3-12H2,1-2H3.